The standard InChI is InChI=1S/C14H28N4O2/c1-11(2)5-6-16-13(19)10-18-8-7-15-9-12(18)14(20)17(3)4/h11-12,15H,5-10H2,1-4H3,(H,16,19). The summed E-state index contributed by atoms with van der Waals surface area (Å²) < 4.78 is 0. The molecule has 1 aliphatic heterocycles. The third-order valence-electron chi connectivity index (χ3n) is 3.47. The predicted octanol–water partition coefficient (Wildman–Crippen LogP) is -0.489. The minimum absolute atomic E-state index is 0.00380. The largest absolute Gasteiger partial charge is 0.355 e. The summed E-state index contributed by atoms with van der Waals surface area (Å²) in [6.45, 7) is 7.41. The van der Waals surface area contributed by atoms with E-state index in [-0.39, 0.29) is 17.9 Å². The van der Waals surface area contributed by atoms with Crippen molar-refractivity contribution in [1.29, 1.82) is 0 Å². The highest BCUT2D eigenvalue weighted by atomic mass is 16.2. The third-order valence-corrected chi connectivity index (χ3v) is 3.47. The van der Waals surface area contributed by atoms with E-state index >= 15 is 0 Å². The van der Waals surface area contributed by atoms with Gasteiger partial charge in [-0.2, -0.15) is 0 Å². The van der Waals surface area contributed by atoms with Gasteiger partial charge in [0.05, 0.1) is 6.54 Å². The van der Waals surface area contributed by atoms with Crippen LogP contribution in [0.2, 0.25) is 0 Å². The lowest BCUT2D eigenvalue weighted by atomic mass is 10.1. The molecule has 6 nitrogen and oxygen atoms in total. The van der Waals surface area contributed by atoms with Gasteiger partial charge in [-0.3, -0.25) is 14.5 Å². The summed E-state index contributed by atoms with van der Waals surface area (Å²) in [6.07, 6.45) is 0.980. The molecule has 1 rings (SSSR count). The Morgan fingerprint density at radius 1 is 1.40 bits per heavy atom. The molecule has 0 aromatic carbocycles. The number of carbonyl (C=O) groups excluding carboxylic acids is 2. The number of likely N-dealkylation sites (N-methyl/N-ethyl adjacent to an activating group) is 1. The first-order valence-electron chi connectivity index (χ1n) is 7.34. The SMILES string of the molecule is CC(C)CCNC(=O)CN1CCNCC1C(=O)N(C)C. The molecule has 0 aromatic rings. The minimum Gasteiger partial charge on any atom is -0.355 e. The zero-order valence-electron chi connectivity index (χ0n) is 13.1. The van der Waals surface area contributed by atoms with Crippen LogP contribution in [0.5, 0.6) is 0 Å². The van der Waals surface area contributed by atoms with Gasteiger partial charge in [-0.15, -0.1) is 0 Å². The highest BCUT2D eigenvalue weighted by Crippen LogP contribution is 2.05. The molecule has 1 atom stereocenters. The second-order valence-electron chi connectivity index (χ2n) is 5.96. The molecule has 0 radical (unpaired) electrons. The lowest BCUT2D eigenvalue weighted by Crippen LogP contribution is -2.59. The van der Waals surface area contributed by atoms with Crippen LogP contribution < -0.4 is 10.6 Å². The Balaban J connectivity index is 2.46. The van der Waals surface area contributed by atoms with Crippen LogP contribution in [0, 0.1) is 5.92 Å². The van der Waals surface area contributed by atoms with E-state index in [2.05, 4.69) is 24.5 Å². The van der Waals surface area contributed by atoms with Gasteiger partial charge in [-0.1, -0.05) is 13.8 Å². The molecule has 0 saturated carbocycles. The molecular weight excluding hydrogens is 256 g/mol. The normalized spacial score (nSPS) is 19.9. The first-order chi connectivity index (χ1) is 9.41. The van der Waals surface area contributed by atoms with E-state index < -0.39 is 0 Å². The van der Waals surface area contributed by atoms with E-state index in [1.54, 1.807) is 19.0 Å². The number of carbonyl (C=O) groups is 2. The molecule has 0 bridgehead atoms. The number of hydrogen-bond acceptors (Lipinski definition) is 4. The number of piperazine rings is 1. The van der Waals surface area contributed by atoms with Gasteiger partial charge in [0.2, 0.25) is 11.8 Å². The van der Waals surface area contributed by atoms with Gasteiger partial charge in [-0.05, 0) is 12.3 Å². The van der Waals surface area contributed by atoms with Gasteiger partial charge in [0, 0.05) is 40.3 Å². The molecule has 1 aliphatic rings. The second-order valence-corrected chi connectivity index (χ2v) is 5.96. The average Bonchev–Trinajstić information content (AvgIpc) is 2.38. The maximum atomic E-state index is 12.1. The third kappa shape index (κ3) is 5.46. The zero-order chi connectivity index (χ0) is 15.1. The van der Waals surface area contributed by atoms with E-state index in [0.29, 0.717) is 25.6 Å². The van der Waals surface area contributed by atoms with Crippen molar-refractivity contribution in [3.63, 3.8) is 0 Å². The summed E-state index contributed by atoms with van der Waals surface area (Å²) in [6, 6.07) is -0.241. The van der Waals surface area contributed by atoms with Crippen LogP contribution in [0.25, 0.3) is 0 Å². The van der Waals surface area contributed by atoms with Gasteiger partial charge < -0.3 is 15.5 Å². The summed E-state index contributed by atoms with van der Waals surface area (Å²) in [7, 11) is 3.50. The highest BCUT2D eigenvalue weighted by molar-refractivity contribution is 5.83. The molecule has 2 N–H and O–H groups in total. The van der Waals surface area contributed by atoms with Crippen LogP contribution in [0.1, 0.15) is 20.3 Å². The summed E-state index contributed by atoms with van der Waals surface area (Å²) >= 11 is 0. The molecular formula is C14H28N4O2. The van der Waals surface area contributed by atoms with Gasteiger partial charge in [-0.25, -0.2) is 0 Å². The molecule has 1 saturated heterocycles. The van der Waals surface area contributed by atoms with E-state index in [9.17, 15) is 9.59 Å². The Morgan fingerprint density at radius 3 is 2.70 bits per heavy atom. The van der Waals surface area contributed by atoms with Crippen LogP contribution in [0.4, 0.5) is 0 Å². The summed E-state index contributed by atoms with van der Waals surface area (Å²) in [5, 5.41) is 6.14. The Bertz CT molecular complexity index is 331. The smallest absolute Gasteiger partial charge is 0.240 e. The highest BCUT2D eigenvalue weighted by Gasteiger charge is 2.30. The first kappa shape index (κ1) is 16.9. The molecule has 0 aromatic heterocycles. The maximum Gasteiger partial charge on any atom is 0.240 e. The van der Waals surface area contributed by atoms with Gasteiger partial charge in [0.15, 0.2) is 0 Å². The topological polar surface area (TPSA) is 64.7 Å². The van der Waals surface area contributed by atoms with Gasteiger partial charge in [0.1, 0.15) is 6.04 Å². The molecule has 1 unspecified atom stereocenters. The van der Waals surface area contributed by atoms with E-state index in [1.807, 2.05) is 4.90 Å². The number of nitrogens with zero attached hydrogens (tertiary/aromatic N) is 2. The van der Waals surface area contributed by atoms with Crippen molar-refractivity contribution in [2.45, 2.75) is 26.3 Å². The first-order valence-corrected chi connectivity index (χ1v) is 7.34. The van der Waals surface area contributed by atoms with Crippen molar-refractivity contribution in [3.05, 3.63) is 0 Å². The molecule has 6 heteroatoms. The maximum absolute atomic E-state index is 12.1. The fourth-order valence-corrected chi connectivity index (χ4v) is 2.22. The van der Waals surface area contributed by atoms with E-state index in [0.717, 1.165) is 19.5 Å². The van der Waals surface area contributed by atoms with Crippen molar-refractivity contribution >= 4 is 11.8 Å². The second kappa shape index (κ2) is 8.21. The molecule has 0 aliphatic carbocycles. The molecule has 0 spiro atoms. The van der Waals surface area contributed by atoms with Crippen molar-refractivity contribution in [2.24, 2.45) is 5.92 Å². The quantitative estimate of drug-likeness (QED) is 0.691. The van der Waals surface area contributed by atoms with Crippen LogP contribution in [-0.2, 0) is 9.59 Å². The lowest BCUT2D eigenvalue weighted by molar-refractivity contribution is -0.136. The van der Waals surface area contributed by atoms with Gasteiger partial charge in [0.25, 0.3) is 0 Å². The van der Waals surface area contributed by atoms with Crippen molar-refractivity contribution in [3.8, 4) is 0 Å². The number of rotatable bonds is 6. The molecule has 1 fully saturated rings. The van der Waals surface area contributed by atoms with Crippen LogP contribution in [0.15, 0.2) is 0 Å². The van der Waals surface area contributed by atoms with Crippen LogP contribution in [0.3, 0.4) is 0 Å². The monoisotopic (exact) mass is 284 g/mol. The fourth-order valence-electron chi connectivity index (χ4n) is 2.22. The lowest BCUT2D eigenvalue weighted by Gasteiger charge is -2.35. The fraction of sp³-hybridized carbons (Fsp3) is 0.857. The van der Waals surface area contributed by atoms with Crippen molar-refractivity contribution < 1.29 is 9.59 Å². The van der Waals surface area contributed by atoms with Crippen LogP contribution in [-0.4, -0.2) is 74.5 Å². The van der Waals surface area contributed by atoms with Crippen molar-refractivity contribution in [2.75, 3.05) is 46.8 Å². The molecule has 2 amide bonds. The predicted molar refractivity (Wildman–Crippen MR) is 79.4 cm³/mol. The molecule has 20 heavy (non-hydrogen) atoms. The molecule has 116 valence electrons. The van der Waals surface area contributed by atoms with E-state index in [4.69, 9.17) is 0 Å². The Morgan fingerprint density at radius 2 is 2.10 bits per heavy atom. The Kier molecular flexibility index (Phi) is 6.95. The Labute approximate surface area is 121 Å². The van der Waals surface area contributed by atoms with Crippen molar-refractivity contribution in [1.82, 2.24) is 20.4 Å². The summed E-state index contributed by atoms with van der Waals surface area (Å²) in [4.78, 5) is 27.6. The van der Waals surface area contributed by atoms with E-state index in [1.165, 1.54) is 0 Å². The number of amides is 2. The average molecular weight is 284 g/mol. The molecule has 1 heterocycles. The summed E-state index contributed by atoms with van der Waals surface area (Å²) in [5.74, 6) is 0.633. The van der Waals surface area contributed by atoms with Crippen LogP contribution >= 0.6 is 0 Å². The zero-order valence-corrected chi connectivity index (χ0v) is 13.1. The minimum atomic E-state index is -0.241. The number of nitrogens with one attached hydrogen (secondary N) is 2. The summed E-state index contributed by atoms with van der Waals surface area (Å²) in [5.41, 5.74) is 0. The number of hydrogen-bond donors (Lipinski definition) is 2. The Hall–Kier alpha value is -1.14. The van der Waals surface area contributed by atoms with Gasteiger partial charge >= 0.3 is 0 Å².